The minimum atomic E-state index is -2.86. The molecule has 0 aromatic heterocycles. The molecule has 64 valence electrons. The van der Waals surface area contributed by atoms with Crippen molar-refractivity contribution >= 4 is 11.4 Å². The summed E-state index contributed by atoms with van der Waals surface area (Å²) in [6.07, 6.45) is 5.54. The second-order valence-electron chi connectivity index (χ2n) is 1.92. The summed E-state index contributed by atoms with van der Waals surface area (Å²) >= 11 is -2.86. The van der Waals surface area contributed by atoms with E-state index < -0.39 is 11.4 Å². The summed E-state index contributed by atoms with van der Waals surface area (Å²) in [7, 11) is 0. The monoisotopic (exact) mass is 174 g/mol. The zero-order chi connectivity index (χ0) is 8.41. The Labute approximate surface area is 83.2 Å². The molecule has 0 rings (SSSR count). The zero-order valence-electron chi connectivity index (χ0n) is 7.50. The van der Waals surface area contributed by atoms with Crippen molar-refractivity contribution in [3.8, 4) is 0 Å². The summed E-state index contributed by atoms with van der Waals surface area (Å²) < 4.78 is 24.1. The molecule has 0 aromatic carbocycles. The molecular weight excluding hydrogens is 159 g/mol. The molecule has 1 atom stereocenters. The molecule has 0 bridgehead atoms. The number of hydrogen-bond acceptors (Lipinski definition) is 2. The second kappa shape index (κ2) is 17.0. The summed E-state index contributed by atoms with van der Waals surface area (Å²) in [5.74, 6) is 0. The van der Waals surface area contributed by atoms with Crippen molar-refractivity contribution in [2.75, 3.05) is 0 Å². The Morgan fingerprint density at radius 2 is 1.45 bits per heavy atom. The fourth-order valence-electron chi connectivity index (χ4n) is 0.500. The van der Waals surface area contributed by atoms with E-state index >= 15 is 0 Å². The van der Waals surface area contributed by atoms with Crippen molar-refractivity contribution in [2.24, 2.45) is 0 Å². The van der Waals surface area contributed by atoms with Crippen LogP contribution in [-0.4, -0.2) is 13.3 Å². The van der Waals surface area contributed by atoms with Crippen LogP contribution in [0.2, 0.25) is 0 Å². The maximum absolute atomic E-state index is 8.56. The van der Waals surface area contributed by atoms with Crippen LogP contribution >= 0.6 is 0 Å². The van der Waals surface area contributed by atoms with Crippen molar-refractivity contribution in [2.45, 2.75) is 39.5 Å². The quantitative estimate of drug-likeness (QED) is 0.336. The van der Waals surface area contributed by atoms with Gasteiger partial charge in [-0.15, -0.1) is 0 Å². The minimum absolute atomic E-state index is 0. The molecule has 0 heterocycles. The van der Waals surface area contributed by atoms with Crippen LogP contribution in [0.1, 0.15) is 39.5 Å². The zero-order valence-corrected chi connectivity index (χ0v) is 8.32. The van der Waals surface area contributed by atoms with E-state index in [1.807, 2.05) is 0 Å². The normalized spacial score (nSPS) is 10.5. The Balaban J connectivity index is -0.000000114. The molecule has 0 aliphatic heterocycles. The molecule has 1 unspecified atom stereocenters. The summed E-state index contributed by atoms with van der Waals surface area (Å²) in [5, 5.41) is 0. The van der Waals surface area contributed by atoms with Crippen LogP contribution in [0.5, 0.6) is 0 Å². The van der Waals surface area contributed by atoms with E-state index in [-0.39, 0.29) is 18.9 Å². The summed E-state index contributed by atoms with van der Waals surface area (Å²) in [6.45, 7) is 4.46. The minimum Gasteiger partial charge on any atom is -0.750 e. The fraction of sp³-hybridized carbons (Fsp3) is 1.00. The van der Waals surface area contributed by atoms with Crippen LogP contribution in [0.3, 0.4) is 0 Å². The predicted molar refractivity (Wildman–Crippen MR) is 41.4 cm³/mol. The van der Waals surface area contributed by atoms with Gasteiger partial charge in [-0.25, -0.2) is 4.21 Å². The number of hydrogen-bond donors (Lipinski definition) is 1. The van der Waals surface area contributed by atoms with Gasteiger partial charge in [0.25, 0.3) is 0 Å². The van der Waals surface area contributed by atoms with Gasteiger partial charge in [0, 0.05) is 0 Å². The van der Waals surface area contributed by atoms with Gasteiger partial charge in [-0.05, 0) is 0 Å². The average Bonchev–Trinajstić information content (AvgIpc) is 1.82. The van der Waals surface area contributed by atoms with Crippen LogP contribution < -0.4 is 18.9 Å². The third kappa shape index (κ3) is 59.6. The maximum atomic E-state index is 8.56. The van der Waals surface area contributed by atoms with Crippen LogP contribution in [0.15, 0.2) is 0 Å². The molecule has 1 N–H and O–H groups in total. The van der Waals surface area contributed by atoms with Crippen LogP contribution in [0.4, 0.5) is 0 Å². The summed E-state index contributed by atoms with van der Waals surface area (Å²) in [4.78, 5) is 0. The summed E-state index contributed by atoms with van der Waals surface area (Å²) in [5.41, 5.74) is 0. The van der Waals surface area contributed by atoms with Gasteiger partial charge in [0.1, 0.15) is 0 Å². The topological polar surface area (TPSA) is 60.4 Å². The molecule has 0 spiro atoms. The Kier molecular flexibility index (Phi) is 27.2. The van der Waals surface area contributed by atoms with Gasteiger partial charge < -0.3 is 9.11 Å². The van der Waals surface area contributed by atoms with E-state index in [4.69, 9.17) is 13.3 Å². The van der Waals surface area contributed by atoms with Crippen molar-refractivity contribution in [1.29, 1.82) is 0 Å². The SMILES string of the molecule is CCCCCC.O=S([O-])O.[Li+]. The standard InChI is InChI=1S/C6H14.Li.H2O3S/c1-3-5-6-4-2;;1-4(2)3/h3-6H2,1-2H3;;(H2,1,2,3)/q;+1;/p-1. The predicted octanol–water partition coefficient (Wildman–Crippen LogP) is -1.07. The van der Waals surface area contributed by atoms with Crippen molar-refractivity contribution in [3.63, 3.8) is 0 Å². The van der Waals surface area contributed by atoms with Gasteiger partial charge in [0.05, 0.1) is 11.4 Å². The number of rotatable bonds is 3. The molecule has 0 amide bonds. The van der Waals surface area contributed by atoms with E-state index in [0.29, 0.717) is 0 Å². The van der Waals surface area contributed by atoms with Gasteiger partial charge in [0.15, 0.2) is 0 Å². The van der Waals surface area contributed by atoms with Gasteiger partial charge in [-0.2, -0.15) is 0 Å². The molecule has 0 aliphatic carbocycles. The van der Waals surface area contributed by atoms with Gasteiger partial charge in [0.2, 0.25) is 0 Å². The van der Waals surface area contributed by atoms with Crippen LogP contribution in [-0.2, 0) is 11.4 Å². The first-order chi connectivity index (χ1) is 4.65. The molecule has 11 heavy (non-hydrogen) atoms. The van der Waals surface area contributed by atoms with E-state index in [1.165, 1.54) is 25.7 Å². The van der Waals surface area contributed by atoms with Crippen molar-refractivity contribution in [3.05, 3.63) is 0 Å². The fourth-order valence-corrected chi connectivity index (χ4v) is 0.500. The molecule has 3 nitrogen and oxygen atoms in total. The summed E-state index contributed by atoms with van der Waals surface area (Å²) in [6, 6.07) is 0. The molecular formula is C6H15LiO3S. The maximum Gasteiger partial charge on any atom is 1.00 e. The van der Waals surface area contributed by atoms with Gasteiger partial charge >= 0.3 is 18.9 Å². The van der Waals surface area contributed by atoms with E-state index in [9.17, 15) is 0 Å². The van der Waals surface area contributed by atoms with Crippen molar-refractivity contribution in [1.82, 2.24) is 0 Å². The Bertz CT molecular complexity index is 72.2. The molecule has 5 heteroatoms. The van der Waals surface area contributed by atoms with Crippen molar-refractivity contribution < 1.29 is 32.2 Å². The van der Waals surface area contributed by atoms with Crippen LogP contribution in [0.25, 0.3) is 0 Å². The largest absolute Gasteiger partial charge is 1.00 e. The first-order valence-electron chi connectivity index (χ1n) is 3.43. The molecule has 0 saturated heterocycles. The Morgan fingerprint density at radius 3 is 1.55 bits per heavy atom. The number of unbranched alkanes of at least 4 members (excludes halogenated alkanes) is 3. The molecule has 0 saturated carbocycles. The Morgan fingerprint density at radius 1 is 1.27 bits per heavy atom. The first-order valence-corrected chi connectivity index (χ1v) is 4.46. The third-order valence-corrected chi connectivity index (χ3v) is 0.957. The molecule has 0 fully saturated rings. The second-order valence-corrected chi connectivity index (χ2v) is 2.36. The first kappa shape index (κ1) is 17.7. The van der Waals surface area contributed by atoms with E-state index in [0.717, 1.165) is 0 Å². The Hall–Kier alpha value is 0.667. The third-order valence-electron chi connectivity index (χ3n) is 0.957. The van der Waals surface area contributed by atoms with Crippen LogP contribution in [0, 0.1) is 0 Å². The average molecular weight is 174 g/mol. The van der Waals surface area contributed by atoms with E-state index in [2.05, 4.69) is 13.8 Å². The molecule has 0 aliphatic rings. The smallest absolute Gasteiger partial charge is 0.750 e. The van der Waals surface area contributed by atoms with Gasteiger partial charge in [-0.3, -0.25) is 0 Å². The van der Waals surface area contributed by atoms with E-state index in [1.54, 1.807) is 0 Å². The van der Waals surface area contributed by atoms with Gasteiger partial charge in [-0.1, -0.05) is 39.5 Å². The molecule has 0 aromatic rings. The molecule has 0 radical (unpaired) electrons.